The summed E-state index contributed by atoms with van der Waals surface area (Å²) in [6.07, 6.45) is 7.90. The van der Waals surface area contributed by atoms with Gasteiger partial charge in [0.1, 0.15) is 16.3 Å². The smallest absolute Gasteiger partial charge is 0.340 e. The highest BCUT2D eigenvalue weighted by molar-refractivity contribution is 5.89. The molecule has 0 unspecified atom stereocenters. The van der Waals surface area contributed by atoms with E-state index >= 15 is 0 Å². The van der Waals surface area contributed by atoms with Crippen LogP contribution in [0.25, 0.3) is 55.0 Å². The van der Waals surface area contributed by atoms with Crippen molar-refractivity contribution in [3.05, 3.63) is 270 Å². The maximum atomic E-state index is 13.7. The number of fused-ring (bicyclic) bond motifs is 6. The van der Waals surface area contributed by atoms with Crippen LogP contribution in [-0.4, -0.2) is 56.8 Å². The zero-order chi connectivity index (χ0) is 66.9. The number of aromatic amines is 2. The highest BCUT2D eigenvalue weighted by Gasteiger charge is 2.27. The molecule has 0 radical (unpaired) electrons. The molecule has 0 aliphatic carbocycles. The fourth-order valence-corrected chi connectivity index (χ4v) is 10.9. The van der Waals surface area contributed by atoms with Crippen molar-refractivity contribution in [3.8, 4) is 35.5 Å². The van der Waals surface area contributed by atoms with E-state index in [9.17, 15) is 26.3 Å². The van der Waals surface area contributed by atoms with Gasteiger partial charge in [0.25, 0.3) is 17.8 Å². The molecule has 96 heavy (non-hydrogen) atoms. The second kappa shape index (κ2) is 25.7. The molecule has 0 fully saturated rings. The van der Waals surface area contributed by atoms with Gasteiger partial charge in [-0.1, -0.05) is 118 Å². The van der Waals surface area contributed by atoms with E-state index in [1.807, 2.05) is 112 Å². The normalized spacial score (nSPS) is 11.8. The van der Waals surface area contributed by atoms with Crippen molar-refractivity contribution in [1.29, 1.82) is 0 Å². The van der Waals surface area contributed by atoms with Gasteiger partial charge < -0.3 is 13.6 Å². The number of pyridine rings is 2. The molecule has 2 N–H and O–H groups in total. The molecule has 20 heteroatoms. The number of hydrogen-bond acceptors (Lipinski definition) is 11. The van der Waals surface area contributed by atoms with E-state index in [0.29, 0.717) is 64.4 Å². The number of benzene rings is 7. The molecule has 15 rings (SSSR count). The van der Waals surface area contributed by atoms with Crippen LogP contribution in [0.15, 0.2) is 183 Å². The monoisotopic (exact) mass is 1280 g/mol. The third-order valence-electron chi connectivity index (χ3n) is 16.1. The minimum atomic E-state index is -2.89. The SMILES string of the molecule is Cc1ccc2c(Cc3cccc(C(C)(F)F)c3)noc2c1C#Cc1ccc2[nH]ncc2n1.Cc1ccc2c(Cc3cccc(C(C)(F)F)c3)noc2c1C#Cc1ccc2c(c1)N=[N+]=C2.Cc1ccc2c(Cc3cccc(C(C)(F)F)c3)noc2c1C#Cc1cnc2[nH]ncc2c1. The van der Waals surface area contributed by atoms with Crippen LogP contribution in [0.4, 0.5) is 32.0 Å². The van der Waals surface area contributed by atoms with Gasteiger partial charge in [0, 0.05) is 95.6 Å². The quantitative estimate of drug-likeness (QED) is 0.0800. The first-order valence-electron chi connectivity index (χ1n) is 30.2. The first-order valence-corrected chi connectivity index (χ1v) is 30.2. The van der Waals surface area contributed by atoms with Gasteiger partial charge in [-0.15, -0.1) is 0 Å². The highest BCUT2D eigenvalue weighted by atomic mass is 19.3. The third-order valence-corrected chi connectivity index (χ3v) is 16.1. The number of nitrogens with one attached hydrogen (secondary N) is 2. The van der Waals surface area contributed by atoms with Crippen molar-refractivity contribution in [2.24, 2.45) is 5.11 Å². The van der Waals surface area contributed by atoms with E-state index in [4.69, 9.17) is 13.6 Å². The fourth-order valence-electron chi connectivity index (χ4n) is 10.9. The lowest BCUT2D eigenvalue weighted by atomic mass is 10.00. The minimum Gasteiger partial charge on any atom is -0.355 e. The van der Waals surface area contributed by atoms with Crippen LogP contribution in [-0.2, 0) is 37.0 Å². The van der Waals surface area contributed by atoms with Crippen LogP contribution >= 0.6 is 0 Å². The molecule has 0 spiro atoms. The van der Waals surface area contributed by atoms with Crippen LogP contribution < -0.4 is 0 Å². The molecular formula is C76H54F6N11O3+. The lowest BCUT2D eigenvalue weighted by molar-refractivity contribution is -0.0634. The van der Waals surface area contributed by atoms with E-state index in [1.165, 1.54) is 36.4 Å². The van der Waals surface area contributed by atoms with Gasteiger partial charge in [-0.2, -0.15) is 10.2 Å². The number of nitrogens with zero attached hydrogens (tertiary/aromatic N) is 9. The Labute approximate surface area is 544 Å². The molecular weight excluding hydrogens is 1230 g/mol. The van der Waals surface area contributed by atoms with Gasteiger partial charge >= 0.3 is 6.21 Å². The summed E-state index contributed by atoms with van der Waals surface area (Å²) in [5.74, 6) is 10.3. The predicted molar refractivity (Wildman–Crippen MR) is 352 cm³/mol. The van der Waals surface area contributed by atoms with Crippen molar-refractivity contribution in [2.75, 3.05) is 0 Å². The van der Waals surface area contributed by atoms with Gasteiger partial charge in [0.15, 0.2) is 28.1 Å². The predicted octanol–water partition coefficient (Wildman–Crippen LogP) is 17.0. The molecule has 1 aliphatic heterocycles. The average Bonchev–Trinajstić information content (AvgIpc) is 1.70. The highest BCUT2D eigenvalue weighted by Crippen LogP contribution is 2.34. The fraction of sp³-hybridized carbons (Fsp3) is 0.158. The molecule has 0 bridgehead atoms. The van der Waals surface area contributed by atoms with E-state index in [0.717, 1.165) is 126 Å². The summed E-state index contributed by atoms with van der Waals surface area (Å²) in [5, 5.41) is 33.7. The number of rotatable bonds is 9. The molecule has 14 nitrogen and oxygen atoms in total. The van der Waals surface area contributed by atoms with E-state index in [1.54, 1.807) is 43.0 Å². The molecule has 0 saturated heterocycles. The Kier molecular flexibility index (Phi) is 16.8. The van der Waals surface area contributed by atoms with E-state index in [2.05, 4.69) is 91.3 Å². The Balaban J connectivity index is 0.000000130. The third kappa shape index (κ3) is 13.7. The molecule has 0 amide bonds. The molecule has 7 aromatic carbocycles. The van der Waals surface area contributed by atoms with Gasteiger partial charge in [-0.05, 0) is 133 Å². The maximum Gasteiger partial charge on any atom is 0.340 e. The topological polar surface area (TPSA) is 188 Å². The summed E-state index contributed by atoms with van der Waals surface area (Å²) in [5.41, 5.74) is 17.3. The minimum absolute atomic E-state index is 0.0170. The summed E-state index contributed by atoms with van der Waals surface area (Å²) in [4.78, 5) is 12.7. The van der Waals surface area contributed by atoms with Gasteiger partial charge in [0.05, 0.1) is 62.0 Å². The maximum absolute atomic E-state index is 13.7. The Morgan fingerprint density at radius 1 is 0.469 bits per heavy atom. The summed E-state index contributed by atoms with van der Waals surface area (Å²) in [6, 6.07) is 42.2. The van der Waals surface area contributed by atoms with Crippen molar-refractivity contribution in [2.45, 2.75) is 78.6 Å². The lowest BCUT2D eigenvalue weighted by Gasteiger charge is -2.11. The summed E-state index contributed by atoms with van der Waals surface area (Å²) in [7, 11) is 0. The standard InChI is InChI=1S/C26H18F2N3O.2C25H18F2N4O/c1-16-6-10-22-24(14-18-4-3-5-20(12-18)26(2,27)28)31-32-25(22)21(16)11-8-17-7-9-19-15-29-30-23(19)13-17;1-15-6-9-20-22(13-16-4-3-5-17(12-16)25(2,26)27)31-32-24(20)19(15)10-7-18-8-11-21-23(29-18)14-28-30-21;1-15-6-8-21-22(12-16-4-3-5-19(11-16)25(2,26)27)31-32-23(21)20(15)9-7-17-10-18-14-29-30-24(18)28-13-17/h3-7,9-10,12-13,15H,14H2,1-2H3;3-6,8-9,11-12,14H,13H2,1-2H3,(H,28,30);3-6,8,10-11,13-14H,12H2,1-2H3,(H,28,29,30)/q+1;;. The molecule has 0 saturated carbocycles. The average molecular weight is 1280 g/mol. The number of aromatic nitrogens is 9. The first-order chi connectivity index (χ1) is 46.1. The number of aryl methyl sites for hydroxylation is 3. The van der Waals surface area contributed by atoms with Crippen LogP contribution in [0.3, 0.4) is 0 Å². The zero-order valence-corrected chi connectivity index (χ0v) is 52.3. The first kappa shape index (κ1) is 62.6. The van der Waals surface area contributed by atoms with Crippen molar-refractivity contribution >= 4 is 66.9 Å². The van der Waals surface area contributed by atoms with Gasteiger partial charge in [-0.25, -0.2) is 36.3 Å². The lowest BCUT2D eigenvalue weighted by Crippen LogP contribution is -2.07. The number of halogens is 6. The van der Waals surface area contributed by atoms with Crippen molar-refractivity contribution in [1.82, 2.24) is 45.8 Å². The summed E-state index contributed by atoms with van der Waals surface area (Å²) in [6.45, 7) is 8.55. The number of hydrogen-bond donors (Lipinski definition) is 2. The largest absolute Gasteiger partial charge is 0.355 e. The molecule has 1 aliphatic rings. The summed E-state index contributed by atoms with van der Waals surface area (Å²) < 4.78 is 99.1. The Morgan fingerprint density at radius 3 is 1.45 bits per heavy atom. The van der Waals surface area contributed by atoms with Crippen LogP contribution in [0.2, 0.25) is 0 Å². The van der Waals surface area contributed by atoms with Gasteiger partial charge in [0.2, 0.25) is 0 Å². The zero-order valence-electron chi connectivity index (χ0n) is 52.3. The van der Waals surface area contributed by atoms with Crippen LogP contribution in [0, 0.1) is 56.3 Å². The summed E-state index contributed by atoms with van der Waals surface area (Å²) >= 11 is 0. The molecule has 8 heterocycles. The van der Waals surface area contributed by atoms with Crippen LogP contribution in [0.1, 0.15) is 127 Å². The Bertz CT molecular complexity index is 5390. The van der Waals surface area contributed by atoms with Gasteiger partial charge in [-0.3, -0.25) is 10.2 Å². The number of H-pyrrole nitrogens is 2. The van der Waals surface area contributed by atoms with E-state index in [-0.39, 0.29) is 16.7 Å². The molecule has 14 aromatic rings. The van der Waals surface area contributed by atoms with Crippen molar-refractivity contribution < 1.29 is 44.7 Å². The van der Waals surface area contributed by atoms with Crippen molar-refractivity contribution in [3.63, 3.8) is 0 Å². The van der Waals surface area contributed by atoms with Crippen LogP contribution in [0.5, 0.6) is 0 Å². The number of alkyl halides is 6. The van der Waals surface area contributed by atoms with E-state index < -0.39 is 17.8 Å². The molecule has 0 atom stereocenters. The molecule has 7 aromatic heterocycles. The second-order valence-corrected chi connectivity index (χ2v) is 23.5. The Hall–Kier alpha value is -12.2. The molecule has 472 valence electrons. The Morgan fingerprint density at radius 2 is 0.948 bits per heavy atom. The second-order valence-electron chi connectivity index (χ2n) is 23.5.